The van der Waals surface area contributed by atoms with Gasteiger partial charge < -0.3 is 4.74 Å². The van der Waals surface area contributed by atoms with Crippen molar-refractivity contribution in [2.75, 3.05) is 0 Å². The molecule has 0 saturated carbocycles. The summed E-state index contributed by atoms with van der Waals surface area (Å²) in [6.07, 6.45) is 11.0. The van der Waals surface area contributed by atoms with Gasteiger partial charge in [0.05, 0.1) is 11.4 Å². The highest BCUT2D eigenvalue weighted by atomic mass is 16.5. The molecule has 1 aliphatic carbocycles. The number of fused-ring (bicyclic) bond motifs is 4. The number of hydrogen-bond acceptors (Lipinski definition) is 2. The van der Waals surface area contributed by atoms with E-state index in [0.717, 1.165) is 34.7 Å². The van der Waals surface area contributed by atoms with Crippen LogP contribution in [0.2, 0.25) is 0 Å². The molecule has 0 saturated heterocycles. The van der Waals surface area contributed by atoms with Crippen LogP contribution in [0.15, 0.2) is 71.2 Å². The molecule has 0 spiro atoms. The van der Waals surface area contributed by atoms with Crippen LogP contribution in [0, 0.1) is 0 Å². The van der Waals surface area contributed by atoms with Gasteiger partial charge in [-0.1, -0.05) is 30.4 Å². The molecule has 2 aliphatic heterocycles. The van der Waals surface area contributed by atoms with Gasteiger partial charge in [0.2, 0.25) is 0 Å². The lowest BCUT2D eigenvalue weighted by Gasteiger charge is -2.09. The van der Waals surface area contributed by atoms with Crippen molar-refractivity contribution >= 4 is 17.0 Å². The van der Waals surface area contributed by atoms with Gasteiger partial charge in [0.15, 0.2) is 0 Å². The average Bonchev–Trinajstić information content (AvgIpc) is 2.65. The van der Waals surface area contributed by atoms with Gasteiger partial charge in [-0.05, 0) is 24.6 Å². The molecule has 0 atom stereocenters. The maximum atomic E-state index is 5.78. The molecule has 0 bridgehead atoms. The number of rotatable bonds is 0. The molecule has 0 aromatic heterocycles. The number of nitrogens with zero attached hydrogens (tertiary/aromatic N) is 1. The quantitative estimate of drug-likeness (QED) is 0.665. The van der Waals surface area contributed by atoms with E-state index < -0.39 is 0 Å². The number of hydrogen-bond donors (Lipinski definition) is 0. The molecule has 3 aliphatic rings. The smallest absolute Gasteiger partial charge is 0.130 e. The van der Waals surface area contributed by atoms with Crippen LogP contribution in [0.25, 0.3) is 5.57 Å². The fourth-order valence-electron chi connectivity index (χ4n) is 2.45. The second kappa shape index (κ2) is 3.57. The number of para-hydroxylation sites is 1. The third-order valence-electron chi connectivity index (χ3n) is 3.36. The van der Waals surface area contributed by atoms with E-state index in [2.05, 4.69) is 23.2 Å². The molecule has 2 heterocycles. The van der Waals surface area contributed by atoms with E-state index >= 15 is 0 Å². The van der Waals surface area contributed by atoms with E-state index in [1.165, 1.54) is 5.57 Å². The van der Waals surface area contributed by atoms with Gasteiger partial charge in [-0.25, -0.2) is 4.99 Å². The van der Waals surface area contributed by atoms with E-state index in [4.69, 9.17) is 4.74 Å². The zero-order valence-electron chi connectivity index (χ0n) is 9.76. The summed E-state index contributed by atoms with van der Waals surface area (Å²) < 4.78 is 5.78. The molecule has 86 valence electrons. The molecule has 2 nitrogen and oxygen atoms in total. The Hall–Kier alpha value is -2.35. The number of allylic oxidation sites excluding steroid dienone is 6. The molecule has 0 unspecified atom stereocenters. The Morgan fingerprint density at radius 2 is 2.11 bits per heavy atom. The molecular weight excluding hydrogens is 222 g/mol. The molecule has 0 radical (unpaired) electrons. The van der Waals surface area contributed by atoms with Crippen LogP contribution < -0.4 is 0 Å². The molecule has 1 aromatic rings. The Morgan fingerprint density at radius 3 is 3.11 bits per heavy atom. The minimum Gasteiger partial charge on any atom is -0.464 e. The zero-order chi connectivity index (χ0) is 11.9. The van der Waals surface area contributed by atoms with Gasteiger partial charge in [-0.3, -0.25) is 0 Å². The maximum Gasteiger partial charge on any atom is 0.130 e. The Balaban J connectivity index is 1.89. The van der Waals surface area contributed by atoms with Crippen molar-refractivity contribution in [3.05, 3.63) is 71.7 Å². The predicted molar refractivity (Wildman–Crippen MR) is 72.5 cm³/mol. The highest BCUT2D eigenvalue weighted by molar-refractivity contribution is 6.34. The fourth-order valence-corrected chi connectivity index (χ4v) is 2.45. The van der Waals surface area contributed by atoms with Crippen LogP contribution in [-0.4, -0.2) is 5.71 Å². The molecule has 0 N–H and O–H groups in total. The highest BCUT2D eigenvalue weighted by Crippen LogP contribution is 2.38. The topological polar surface area (TPSA) is 21.6 Å². The van der Waals surface area contributed by atoms with E-state index in [0.29, 0.717) is 0 Å². The largest absolute Gasteiger partial charge is 0.464 e. The Bertz CT molecular complexity index is 687. The van der Waals surface area contributed by atoms with Crippen molar-refractivity contribution in [3.8, 4) is 0 Å². The summed E-state index contributed by atoms with van der Waals surface area (Å²) in [5.41, 5.74) is 5.45. The summed E-state index contributed by atoms with van der Waals surface area (Å²) in [6, 6.07) is 8.16. The molecule has 2 heteroatoms. The van der Waals surface area contributed by atoms with Crippen LogP contribution in [0.4, 0.5) is 5.69 Å². The first-order valence-electron chi connectivity index (χ1n) is 6.05. The number of benzene rings is 1. The van der Waals surface area contributed by atoms with Gasteiger partial charge in [-0.15, -0.1) is 0 Å². The fraction of sp³-hybridized carbons (Fsp3) is 0.0625. The van der Waals surface area contributed by atoms with Crippen LogP contribution in [-0.2, 0) is 4.74 Å². The van der Waals surface area contributed by atoms with Crippen molar-refractivity contribution in [2.24, 2.45) is 4.99 Å². The minimum atomic E-state index is 0.905. The van der Waals surface area contributed by atoms with E-state index in [1.54, 1.807) is 0 Å². The van der Waals surface area contributed by atoms with E-state index in [1.807, 2.05) is 36.6 Å². The molecule has 4 rings (SSSR count). The number of ether oxygens (including phenoxy) is 1. The SMILES string of the molecule is C1=CCC2=CC3=Nc4ccccc4C3=COC2=C1. The van der Waals surface area contributed by atoms with Crippen LogP contribution in [0.5, 0.6) is 0 Å². The van der Waals surface area contributed by atoms with Crippen LogP contribution >= 0.6 is 0 Å². The predicted octanol–water partition coefficient (Wildman–Crippen LogP) is 3.91. The first kappa shape index (κ1) is 9.66. The lowest BCUT2D eigenvalue weighted by Crippen LogP contribution is -1.95. The third-order valence-corrected chi connectivity index (χ3v) is 3.36. The summed E-state index contributed by atoms with van der Waals surface area (Å²) in [5.74, 6) is 0.930. The van der Waals surface area contributed by atoms with Gasteiger partial charge in [-0.2, -0.15) is 0 Å². The Morgan fingerprint density at radius 1 is 1.17 bits per heavy atom. The van der Waals surface area contributed by atoms with Crippen molar-refractivity contribution < 1.29 is 4.74 Å². The standard InChI is InChI=1S/C16H11NO/c1-4-8-16-11(5-1)9-15-13(10-18-16)12-6-2-3-7-14(12)17-15/h1-4,6-10H,5H2. The van der Waals surface area contributed by atoms with Gasteiger partial charge >= 0.3 is 0 Å². The van der Waals surface area contributed by atoms with E-state index in [-0.39, 0.29) is 0 Å². The van der Waals surface area contributed by atoms with Crippen molar-refractivity contribution in [2.45, 2.75) is 6.42 Å². The van der Waals surface area contributed by atoms with Crippen molar-refractivity contribution in [3.63, 3.8) is 0 Å². The van der Waals surface area contributed by atoms with Crippen molar-refractivity contribution in [1.82, 2.24) is 0 Å². The van der Waals surface area contributed by atoms with Gasteiger partial charge in [0, 0.05) is 16.7 Å². The number of aliphatic imine (C=N–C) groups is 1. The second-order valence-electron chi connectivity index (χ2n) is 4.50. The second-order valence-corrected chi connectivity index (χ2v) is 4.50. The van der Waals surface area contributed by atoms with Crippen LogP contribution in [0.3, 0.4) is 0 Å². The summed E-state index contributed by atoms with van der Waals surface area (Å²) >= 11 is 0. The molecule has 0 fully saturated rings. The van der Waals surface area contributed by atoms with Crippen molar-refractivity contribution in [1.29, 1.82) is 0 Å². The maximum absolute atomic E-state index is 5.78. The first-order chi connectivity index (χ1) is 8.92. The summed E-state index contributed by atoms with van der Waals surface area (Å²) in [6.45, 7) is 0. The average molecular weight is 233 g/mol. The first-order valence-corrected chi connectivity index (χ1v) is 6.05. The molecule has 18 heavy (non-hydrogen) atoms. The Kier molecular flexibility index (Phi) is 1.92. The molecule has 0 amide bonds. The zero-order valence-corrected chi connectivity index (χ0v) is 9.76. The lowest BCUT2D eigenvalue weighted by molar-refractivity contribution is 0.362. The third kappa shape index (κ3) is 1.32. The van der Waals surface area contributed by atoms with Gasteiger partial charge in [0.1, 0.15) is 12.0 Å². The van der Waals surface area contributed by atoms with E-state index in [9.17, 15) is 0 Å². The normalized spacial score (nSPS) is 19.3. The summed E-state index contributed by atoms with van der Waals surface area (Å²) in [4.78, 5) is 4.67. The minimum absolute atomic E-state index is 0.905. The van der Waals surface area contributed by atoms with Crippen LogP contribution in [0.1, 0.15) is 12.0 Å². The molecule has 1 aromatic carbocycles. The molecular formula is C16H11NO. The highest BCUT2D eigenvalue weighted by Gasteiger charge is 2.23. The summed E-state index contributed by atoms with van der Waals surface area (Å²) in [7, 11) is 0. The lowest BCUT2D eigenvalue weighted by atomic mass is 10.0. The Labute approximate surface area is 105 Å². The van der Waals surface area contributed by atoms with Gasteiger partial charge in [0.25, 0.3) is 0 Å². The summed E-state index contributed by atoms with van der Waals surface area (Å²) in [5, 5.41) is 0. The monoisotopic (exact) mass is 233 g/mol.